The summed E-state index contributed by atoms with van der Waals surface area (Å²) in [5, 5.41) is 10.9. The fraction of sp³-hybridized carbons (Fsp3) is 0.174. The second kappa shape index (κ2) is 10.7. The average Bonchev–Trinajstić information content (AvgIpc) is 2.83. The van der Waals surface area contributed by atoms with Crippen molar-refractivity contribution in [3.63, 3.8) is 0 Å². The molecule has 0 bridgehead atoms. The molecule has 1 atom stereocenters. The highest BCUT2D eigenvalue weighted by Gasteiger charge is 2.24. The van der Waals surface area contributed by atoms with Gasteiger partial charge in [0.05, 0.1) is 29.4 Å². The zero-order chi connectivity index (χ0) is 23.8. The van der Waals surface area contributed by atoms with E-state index in [1.807, 2.05) is 0 Å². The molecule has 0 aromatic heterocycles. The Morgan fingerprint density at radius 2 is 1.76 bits per heavy atom. The van der Waals surface area contributed by atoms with Gasteiger partial charge >= 0.3 is 5.97 Å². The van der Waals surface area contributed by atoms with Gasteiger partial charge in [-0.15, -0.1) is 0 Å². The number of carbonyl (C=O) groups is 1. The fourth-order valence-electron chi connectivity index (χ4n) is 3.08. The molecule has 3 aromatic carbocycles. The van der Waals surface area contributed by atoms with Gasteiger partial charge in [0.2, 0.25) is 10.0 Å². The molecule has 0 aliphatic heterocycles. The minimum absolute atomic E-state index is 0.0432. The summed E-state index contributed by atoms with van der Waals surface area (Å²) in [4.78, 5) is 22.5. The predicted octanol–water partition coefficient (Wildman–Crippen LogP) is 3.76. The van der Waals surface area contributed by atoms with Crippen LogP contribution in [0.4, 0.5) is 5.69 Å². The van der Waals surface area contributed by atoms with Crippen molar-refractivity contribution < 1.29 is 27.6 Å². The van der Waals surface area contributed by atoms with E-state index in [0.717, 1.165) is 0 Å². The second-order valence-electron chi connectivity index (χ2n) is 7.06. The SMILES string of the molecule is COC(=O)CC(NS(=O)(=O)c1ccccc1)c1cccc(OCc2cccc([N+](=O)[O-])c2)c1. The number of rotatable bonds is 10. The molecule has 1 unspecified atom stereocenters. The van der Waals surface area contributed by atoms with E-state index < -0.39 is 27.0 Å². The normalized spacial score (nSPS) is 12.0. The van der Waals surface area contributed by atoms with Crippen molar-refractivity contribution in [1.29, 1.82) is 0 Å². The third-order valence-electron chi connectivity index (χ3n) is 4.74. The van der Waals surface area contributed by atoms with E-state index in [9.17, 15) is 23.3 Å². The molecule has 172 valence electrons. The summed E-state index contributed by atoms with van der Waals surface area (Å²) in [5.41, 5.74) is 1.06. The Morgan fingerprint density at radius 3 is 2.45 bits per heavy atom. The van der Waals surface area contributed by atoms with Gasteiger partial charge in [0.15, 0.2) is 0 Å². The Morgan fingerprint density at radius 1 is 1.03 bits per heavy atom. The number of hydrogen-bond donors (Lipinski definition) is 1. The number of nitro groups is 1. The lowest BCUT2D eigenvalue weighted by Gasteiger charge is -2.19. The van der Waals surface area contributed by atoms with E-state index in [-0.39, 0.29) is 23.6 Å². The molecule has 0 amide bonds. The summed E-state index contributed by atoms with van der Waals surface area (Å²) < 4.78 is 38.7. The molecule has 3 rings (SSSR count). The van der Waals surface area contributed by atoms with Crippen LogP contribution in [-0.2, 0) is 26.2 Å². The molecule has 9 nitrogen and oxygen atoms in total. The highest BCUT2D eigenvalue weighted by atomic mass is 32.2. The third kappa shape index (κ3) is 6.61. The van der Waals surface area contributed by atoms with E-state index in [0.29, 0.717) is 16.9 Å². The molecule has 33 heavy (non-hydrogen) atoms. The molecule has 0 spiro atoms. The van der Waals surface area contributed by atoms with Crippen LogP contribution in [0.2, 0.25) is 0 Å². The molecule has 0 heterocycles. The van der Waals surface area contributed by atoms with E-state index in [4.69, 9.17) is 9.47 Å². The minimum Gasteiger partial charge on any atom is -0.489 e. The van der Waals surface area contributed by atoms with E-state index in [1.54, 1.807) is 54.6 Å². The summed E-state index contributed by atoms with van der Waals surface area (Å²) in [7, 11) is -2.68. The van der Waals surface area contributed by atoms with Crippen molar-refractivity contribution in [3.05, 3.63) is 100 Å². The number of nitro benzene ring substituents is 1. The summed E-state index contributed by atoms with van der Waals surface area (Å²) in [6, 6.07) is 19.6. The Hall–Kier alpha value is -3.76. The smallest absolute Gasteiger partial charge is 0.307 e. The Labute approximate surface area is 191 Å². The van der Waals surface area contributed by atoms with Crippen molar-refractivity contribution in [3.8, 4) is 5.75 Å². The summed E-state index contributed by atoms with van der Waals surface area (Å²) in [6.07, 6.45) is -0.225. The number of non-ortho nitro benzene ring substituents is 1. The first-order valence-electron chi connectivity index (χ1n) is 9.89. The molecule has 0 saturated heterocycles. The zero-order valence-electron chi connectivity index (χ0n) is 17.7. The van der Waals surface area contributed by atoms with Gasteiger partial charge in [-0.1, -0.05) is 42.5 Å². The van der Waals surface area contributed by atoms with E-state index >= 15 is 0 Å². The molecule has 10 heteroatoms. The zero-order valence-corrected chi connectivity index (χ0v) is 18.5. The monoisotopic (exact) mass is 470 g/mol. The second-order valence-corrected chi connectivity index (χ2v) is 8.77. The lowest BCUT2D eigenvalue weighted by molar-refractivity contribution is -0.384. The molecule has 1 N–H and O–H groups in total. The summed E-state index contributed by atoms with van der Waals surface area (Å²) in [5.74, 6) is -0.175. The van der Waals surface area contributed by atoms with Crippen LogP contribution in [0.15, 0.2) is 83.8 Å². The number of benzene rings is 3. The molecular formula is C23H22N2O7S. The molecule has 0 fully saturated rings. The average molecular weight is 471 g/mol. The lowest BCUT2D eigenvalue weighted by atomic mass is 10.0. The number of sulfonamides is 1. The van der Waals surface area contributed by atoms with Crippen LogP contribution >= 0.6 is 0 Å². The van der Waals surface area contributed by atoms with Gasteiger partial charge in [-0.3, -0.25) is 14.9 Å². The number of ether oxygens (including phenoxy) is 2. The van der Waals surface area contributed by atoms with Crippen molar-refractivity contribution in [2.45, 2.75) is 24.0 Å². The lowest BCUT2D eigenvalue weighted by Crippen LogP contribution is -2.30. The topological polar surface area (TPSA) is 125 Å². The van der Waals surface area contributed by atoms with Gasteiger partial charge in [-0.05, 0) is 35.4 Å². The van der Waals surface area contributed by atoms with Gasteiger partial charge in [0.25, 0.3) is 5.69 Å². The van der Waals surface area contributed by atoms with Crippen LogP contribution in [-0.4, -0.2) is 26.4 Å². The van der Waals surface area contributed by atoms with Crippen LogP contribution in [0, 0.1) is 10.1 Å². The molecule has 0 radical (unpaired) electrons. The number of nitrogens with zero attached hydrogens (tertiary/aromatic N) is 1. The van der Waals surface area contributed by atoms with Crippen LogP contribution in [0.25, 0.3) is 0 Å². The summed E-state index contributed by atoms with van der Waals surface area (Å²) >= 11 is 0. The van der Waals surface area contributed by atoms with Gasteiger partial charge < -0.3 is 9.47 Å². The minimum atomic E-state index is -3.90. The molecule has 0 saturated carbocycles. The Kier molecular flexibility index (Phi) is 7.75. The largest absolute Gasteiger partial charge is 0.489 e. The maximum absolute atomic E-state index is 12.8. The van der Waals surface area contributed by atoms with Crippen LogP contribution in [0.5, 0.6) is 5.75 Å². The van der Waals surface area contributed by atoms with Crippen molar-refractivity contribution >= 4 is 21.7 Å². The van der Waals surface area contributed by atoms with Crippen LogP contribution in [0.1, 0.15) is 23.6 Å². The molecule has 0 aliphatic rings. The van der Waals surface area contributed by atoms with E-state index in [2.05, 4.69) is 4.72 Å². The quantitative estimate of drug-likeness (QED) is 0.272. The number of carbonyl (C=O) groups excluding carboxylic acids is 1. The fourth-order valence-corrected chi connectivity index (χ4v) is 4.33. The van der Waals surface area contributed by atoms with Gasteiger partial charge in [0.1, 0.15) is 12.4 Å². The summed E-state index contributed by atoms with van der Waals surface area (Å²) in [6.45, 7) is 0.0720. The number of nitrogens with one attached hydrogen (secondary N) is 1. The van der Waals surface area contributed by atoms with Gasteiger partial charge in [-0.2, -0.15) is 0 Å². The van der Waals surface area contributed by atoms with Crippen molar-refractivity contribution in [2.75, 3.05) is 7.11 Å². The van der Waals surface area contributed by atoms with Gasteiger partial charge in [-0.25, -0.2) is 13.1 Å². The van der Waals surface area contributed by atoms with Crippen LogP contribution < -0.4 is 9.46 Å². The Bertz CT molecular complexity index is 1230. The van der Waals surface area contributed by atoms with Crippen molar-refractivity contribution in [1.82, 2.24) is 4.72 Å². The predicted molar refractivity (Wildman–Crippen MR) is 120 cm³/mol. The van der Waals surface area contributed by atoms with Gasteiger partial charge in [0, 0.05) is 12.1 Å². The third-order valence-corrected chi connectivity index (χ3v) is 6.22. The van der Waals surface area contributed by atoms with Crippen LogP contribution in [0.3, 0.4) is 0 Å². The molecule has 3 aromatic rings. The standard InChI is InChI=1S/C23H22N2O7S/c1-31-23(26)15-22(24-33(29,30)21-11-3-2-4-12-21)18-8-6-10-20(14-18)32-16-17-7-5-9-19(13-17)25(27)28/h2-14,22,24H,15-16H2,1H3. The number of esters is 1. The van der Waals surface area contributed by atoms with E-state index in [1.165, 1.54) is 31.4 Å². The maximum Gasteiger partial charge on any atom is 0.307 e. The first-order chi connectivity index (χ1) is 15.8. The number of methoxy groups -OCH3 is 1. The number of hydrogen-bond acceptors (Lipinski definition) is 7. The first-order valence-corrected chi connectivity index (χ1v) is 11.4. The Balaban J connectivity index is 1.81. The van der Waals surface area contributed by atoms with Crippen molar-refractivity contribution in [2.24, 2.45) is 0 Å². The highest BCUT2D eigenvalue weighted by Crippen LogP contribution is 2.25. The highest BCUT2D eigenvalue weighted by molar-refractivity contribution is 7.89. The molecular weight excluding hydrogens is 448 g/mol. The maximum atomic E-state index is 12.8. The molecule has 0 aliphatic carbocycles. The first kappa shape index (κ1) is 23.9.